The number of hydrogen-bond donors (Lipinski definition) is 1. The minimum Gasteiger partial charge on any atom is -0.494 e. The standard InChI is InChI=1S/C13H17FN2OS/c1-8-7-18-13(15-9(8)2)16-10-4-5-12(17-3)11(14)6-10/h4-6,8-9H,7H2,1-3H3,(H,15,16). The fourth-order valence-corrected chi connectivity index (χ4v) is 2.77. The van der Waals surface area contributed by atoms with Gasteiger partial charge < -0.3 is 10.1 Å². The molecule has 18 heavy (non-hydrogen) atoms. The monoisotopic (exact) mass is 268 g/mol. The van der Waals surface area contributed by atoms with Crippen molar-refractivity contribution in [2.75, 3.05) is 18.2 Å². The van der Waals surface area contributed by atoms with Gasteiger partial charge in [0.15, 0.2) is 16.7 Å². The van der Waals surface area contributed by atoms with E-state index in [-0.39, 0.29) is 11.6 Å². The van der Waals surface area contributed by atoms with E-state index in [4.69, 9.17) is 4.74 Å². The van der Waals surface area contributed by atoms with Crippen LogP contribution in [-0.4, -0.2) is 24.1 Å². The van der Waals surface area contributed by atoms with E-state index in [2.05, 4.69) is 24.2 Å². The Morgan fingerprint density at radius 3 is 2.83 bits per heavy atom. The van der Waals surface area contributed by atoms with Crippen LogP contribution in [0.25, 0.3) is 0 Å². The molecule has 0 amide bonds. The molecule has 0 spiro atoms. The Hall–Kier alpha value is -1.23. The number of nitrogens with zero attached hydrogens (tertiary/aromatic N) is 1. The topological polar surface area (TPSA) is 33.6 Å². The van der Waals surface area contributed by atoms with Gasteiger partial charge in [0.05, 0.1) is 13.2 Å². The lowest BCUT2D eigenvalue weighted by Crippen LogP contribution is -2.25. The smallest absolute Gasteiger partial charge is 0.167 e. The molecule has 0 saturated carbocycles. The summed E-state index contributed by atoms with van der Waals surface area (Å²) in [6.45, 7) is 4.28. The molecule has 0 aromatic heterocycles. The lowest BCUT2D eigenvalue weighted by atomic mass is 10.1. The third kappa shape index (κ3) is 2.96. The summed E-state index contributed by atoms with van der Waals surface area (Å²) in [7, 11) is 1.45. The molecule has 98 valence electrons. The highest BCUT2D eigenvalue weighted by Crippen LogP contribution is 2.25. The van der Waals surface area contributed by atoms with E-state index in [0.717, 1.165) is 10.9 Å². The van der Waals surface area contributed by atoms with Gasteiger partial charge in [-0.05, 0) is 25.0 Å². The van der Waals surface area contributed by atoms with E-state index in [9.17, 15) is 4.39 Å². The number of ether oxygens (including phenoxy) is 1. The van der Waals surface area contributed by atoms with Crippen molar-refractivity contribution in [3.63, 3.8) is 0 Å². The number of hydrogen-bond acceptors (Lipinski definition) is 4. The summed E-state index contributed by atoms with van der Waals surface area (Å²) in [5.74, 6) is 1.49. The molecule has 0 radical (unpaired) electrons. The van der Waals surface area contributed by atoms with Gasteiger partial charge in [0.1, 0.15) is 0 Å². The summed E-state index contributed by atoms with van der Waals surface area (Å²) in [6.07, 6.45) is 0. The first-order valence-electron chi connectivity index (χ1n) is 5.91. The van der Waals surface area contributed by atoms with Crippen LogP contribution >= 0.6 is 11.8 Å². The maximum Gasteiger partial charge on any atom is 0.167 e. The predicted molar refractivity (Wildman–Crippen MR) is 75.1 cm³/mol. The molecule has 0 saturated heterocycles. The van der Waals surface area contributed by atoms with Gasteiger partial charge in [0, 0.05) is 17.5 Å². The second kappa shape index (κ2) is 5.61. The Morgan fingerprint density at radius 1 is 1.44 bits per heavy atom. The molecule has 1 aliphatic heterocycles. The van der Waals surface area contributed by atoms with Crippen LogP contribution in [0, 0.1) is 11.7 Å². The van der Waals surface area contributed by atoms with Gasteiger partial charge in [-0.1, -0.05) is 18.7 Å². The van der Waals surface area contributed by atoms with Gasteiger partial charge in [-0.3, -0.25) is 4.99 Å². The molecule has 1 aromatic carbocycles. The van der Waals surface area contributed by atoms with Crippen LogP contribution in [0.15, 0.2) is 23.2 Å². The number of anilines is 1. The van der Waals surface area contributed by atoms with E-state index in [1.54, 1.807) is 23.9 Å². The molecule has 1 heterocycles. The van der Waals surface area contributed by atoms with E-state index >= 15 is 0 Å². The minimum absolute atomic E-state index is 0.251. The van der Waals surface area contributed by atoms with Crippen LogP contribution < -0.4 is 10.1 Å². The number of halogens is 1. The van der Waals surface area contributed by atoms with Crippen LogP contribution in [0.4, 0.5) is 10.1 Å². The molecule has 1 aromatic rings. The maximum atomic E-state index is 13.5. The molecule has 2 atom stereocenters. The highest BCUT2D eigenvalue weighted by molar-refractivity contribution is 8.14. The minimum atomic E-state index is -0.370. The number of thioether (sulfide) groups is 1. The molecule has 0 aliphatic carbocycles. The lowest BCUT2D eigenvalue weighted by Gasteiger charge is -2.23. The van der Waals surface area contributed by atoms with Crippen LogP contribution in [0.2, 0.25) is 0 Å². The van der Waals surface area contributed by atoms with Crippen molar-refractivity contribution in [1.82, 2.24) is 0 Å². The SMILES string of the molecule is COc1ccc(NC2=NC(C)C(C)CS2)cc1F. The highest BCUT2D eigenvalue weighted by atomic mass is 32.2. The van der Waals surface area contributed by atoms with Crippen molar-refractivity contribution >= 4 is 22.6 Å². The maximum absolute atomic E-state index is 13.5. The largest absolute Gasteiger partial charge is 0.494 e. The summed E-state index contributed by atoms with van der Waals surface area (Å²) >= 11 is 1.67. The zero-order valence-electron chi connectivity index (χ0n) is 10.7. The van der Waals surface area contributed by atoms with Crippen molar-refractivity contribution in [3.8, 4) is 5.75 Å². The van der Waals surface area contributed by atoms with Gasteiger partial charge in [-0.2, -0.15) is 0 Å². The van der Waals surface area contributed by atoms with E-state index < -0.39 is 0 Å². The average molecular weight is 268 g/mol. The summed E-state index contributed by atoms with van der Waals surface area (Å²) in [6, 6.07) is 5.12. The first kappa shape index (κ1) is 13.2. The van der Waals surface area contributed by atoms with Crippen molar-refractivity contribution in [3.05, 3.63) is 24.0 Å². The quantitative estimate of drug-likeness (QED) is 0.892. The van der Waals surface area contributed by atoms with Crippen molar-refractivity contribution in [2.24, 2.45) is 10.9 Å². The van der Waals surface area contributed by atoms with Crippen LogP contribution in [0.3, 0.4) is 0 Å². The van der Waals surface area contributed by atoms with E-state index in [1.165, 1.54) is 13.2 Å². The number of amidine groups is 1. The van der Waals surface area contributed by atoms with Crippen LogP contribution in [0.1, 0.15) is 13.8 Å². The van der Waals surface area contributed by atoms with Gasteiger partial charge in [-0.25, -0.2) is 4.39 Å². The Labute approximate surface area is 111 Å². The Morgan fingerprint density at radius 2 is 2.22 bits per heavy atom. The normalized spacial score (nSPS) is 23.4. The Kier molecular flexibility index (Phi) is 4.11. The fraction of sp³-hybridized carbons (Fsp3) is 0.462. The molecule has 1 aliphatic rings. The number of benzene rings is 1. The van der Waals surface area contributed by atoms with Gasteiger partial charge >= 0.3 is 0 Å². The summed E-state index contributed by atoms with van der Waals surface area (Å²) < 4.78 is 18.4. The molecule has 3 nitrogen and oxygen atoms in total. The lowest BCUT2D eigenvalue weighted by molar-refractivity contribution is 0.387. The predicted octanol–water partition coefficient (Wildman–Crippen LogP) is 3.37. The second-order valence-corrected chi connectivity index (χ2v) is 5.45. The zero-order valence-corrected chi connectivity index (χ0v) is 11.6. The van der Waals surface area contributed by atoms with Gasteiger partial charge in [0.2, 0.25) is 0 Å². The first-order chi connectivity index (χ1) is 8.60. The zero-order chi connectivity index (χ0) is 13.1. The molecule has 0 bridgehead atoms. The van der Waals surface area contributed by atoms with Gasteiger partial charge in [0.25, 0.3) is 0 Å². The molecule has 5 heteroatoms. The Bertz CT molecular complexity index is 464. The van der Waals surface area contributed by atoms with Crippen molar-refractivity contribution in [1.29, 1.82) is 0 Å². The number of methoxy groups -OCH3 is 1. The summed E-state index contributed by atoms with van der Waals surface area (Å²) in [4.78, 5) is 4.55. The van der Waals surface area contributed by atoms with E-state index in [0.29, 0.717) is 17.6 Å². The highest BCUT2D eigenvalue weighted by Gasteiger charge is 2.19. The second-order valence-electron chi connectivity index (χ2n) is 4.44. The molecule has 2 rings (SSSR count). The van der Waals surface area contributed by atoms with Gasteiger partial charge in [-0.15, -0.1) is 0 Å². The van der Waals surface area contributed by atoms with Crippen LogP contribution in [-0.2, 0) is 0 Å². The Balaban J connectivity index is 2.10. The fourth-order valence-electron chi connectivity index (χ4n) is 1.64. The molecular weight excluding hydrogens is 251 g/mol. The molecule has 2 unspecified atom stereocenters. The van der Waals surface area contributed by atoms with Crippen molar-refractivity contribution < 1.29 is 9.13 Å². The molecule has 1 N–H and O–H groups in total. The number of nitrogens with one attached hydrogen (secondary N) is 1. The third-order valence-corrected chi connectivity index (χ3v) is 4.20. The third-order valence-electron chi connectivity index (χ3n) is 3.03. The molecule has 0 fully saturated rings. The number of aliphatic imine (C=N–C) groups is 1. The van der Waals surface area contributed by atoms with Crippen molar-refractivity contribution in [2.45, 2.75) is 19.9 Å². The van der Waals surface area contributed by atoms with E-state index in [1.807, 2.05) is 0 Å². The molecular formula is C13H17FN2OS. The summed E-state index contributed by atoms with van der Waals surface area (Å²) in [5, 5.41) is 3.99. The first-order valence-corrected chi connectivity index (χ1v) is 6.90. The average Bonchev–Trinajstić information content (AvgIpc) is 2.34. The number of rotatable bonds is 2. The summed E-state index contributed by atoms with van der Waals surface area (Å²) in [5.41, 5.74) is 0.696. The van der Waals surface area contributed by atoms with Crippen LogP contribution in [0.5, 0.6) is 5.75 Å².